The Bertz CT molecular complexity index is 763. The molecule has 1 unspecified atom stereocenters. The van der Waals surface area contributed by atoms with Gasteiger partial charge in [-0.15, -0.1) is 0 Å². The zero-order chi connectivity index (χ0) is 18.4. The van der Waals surface area contributed by atoms with Gasteiger partial charge in [-0.25, -0.2) is 0 Å². The Kier molecular flexibility index (Phi) is 5.82. The number of hydrogen-bond acceptors (Lipinski definition) is 5. The second-order valence-electron chi connectivity index (χ2n) is 6.32. The fourth-order valence-corrected chi connectivity index (χ4v) is 2.97. The van der Waals surface area contributed by atoms with Crippen molar-refractivity contribution in [1.82, 2.24) is 14.8 Å². The lowest BCUT2D eigenvalue weighted by atomic mass is 10.2. The number of piperazine rings is 1. The molecule has 6 nitrogen and oxygen atoms in total. The van der Waals surface area contributed by atoms with Crippen molar-refractivity contribution in [2.45, 2.75) is 19.6 Å². The molecule has 1 amide bonds. The van der Waals surface area contributed by atoms with E-state index in [9.17, 15) is 4.79 Å². The average molecular weight is 350 g/mol. The summed E-state index contributed by atoms with van der Waals surface area (Å²) in [6.45, 7) is 5.60. The van der Waals surface area contributed by atoms with E-state index in [1.54, 1.807) is 37.4 Å². The highest BCUT2D eigenvalue weighted by molar-refractivity contribution is 5.81. The number of rotatable bonds is 5. The molecular weight excluding hydrogens is 328 g/mol. The standard InChI is InChI=1S/C20H22N4O2/c1-16(26-19-7-5-17(14-21)6-8-19)20(25)24-12-10-23(11-13-24)15-18-4-2-3-9-22-18/h2-9,16H,10-13,15H2,1H3. The minimum Gasteiger partial charge on any atom is -0.481 e. The van der Waals surface area contributed by atoms with Crippen molar-refractivity contribution in [2.24, 2.45) is 0 Å². The molecule has 2 aromatic rings. The molecule has 6 heteroatoms. The SMILES string of the molecule is CC(Oc1ccc(C#N)cc1)C(=O)N1CCN(Cc2ccccn2)CC1. The monoisotopic (exact) mass is 350 g/mol. The third-order valence-corrected chi connectivity index (χ3v) is 4.44. The fraction of sp³-hybridized carbons (Fsp3) is 0.350. The molecule has 0 N–H and O–H groups in total. The largest absolute Gasteiger partial charge is 0.481 e. The maximum Gasteiger partial charge on any atom is 0.263 e. The smallest absolute Gasteiger partial charge is 0.263 e. The van der Waals surface area contributed by atoms with Crippen LogP contribution in [0.2, 0.25) is 0 Å². The number of hydrogen-bond donors (Lipinski definition) is 0. The molecule has 1 aromatic heterocycles. The molecule has 1 aromatic carbocycles. The summed E-state index contributed by atoms with van der Waals surface area (Å²) in [4.78, 5) is 21.1. The highest BCUT2D eigenvalue weighted by Gasteiger charge is 2.26. The molecule has 134 valence electrons. The normalized spacial score (nSPS) is 15.9. The van der Waals surface area contributed by atoms with Crippen LogP contribution in [0.25, 0.3) is 0 Å². The molecule has 1 aliphatic rings. The predicted octanol–water partition coefficient (Wildman–Crippen LogP) is 2.06. The zero-order valence-corrected chi connectivity index (χ0v) is 14.8. The van der Waals surface area contributed by atoms with Crippen molar-refractivity contribution >= 4 is 5.91 Å². The van der Waals surface area contributed by atoms with Gasteiger partial charge in [-0.1, -0.05) is 6.07 Å². The number of carbonyl (C=O) groups excluding carboxylic acids is 1. The third kappa shape index (κ3) is 4.58. The van der Waals surface area contributed by atoms with Gasteiger partial charge in [0.05, 0.1) is 17.3 Å². The molecule has 1 saturated heterocycles. The van der Waals surface area contributed by atoms with E-state index in [0.717, 1.165) is 25.3 Å². The first-order valence-electron chi connectivity index (χ1n) is 8.73. The fourth-order valence-electron chi connectivity index (χ4n) is 2.97. The van der Waals surface area contributed by atoms with Gasteiger partial charge in [0.15, 0.2) is 6.10 Å². The topological polar surface area (TPSA) is 69.5 Å². The van der Waals surface area contributed by atoms with Crippen LogP contribution in [0, 0.1) is 11.3 Å². The predicted molar refractivity (Wildman–Crippen MR) is 97.3 cm³/mol. The summed E-state index contributed by atoms with van der Waals surface area (Å²) in [6.07, 6.45) is 1.25. The van der Waals surface area contributed by atoms with E-state index in [1.165, 1.54) is 0 Å². The van der Waals surface area contributed by atoms with E-state index in [4.69, 9.17) is 10.00 Å². The molecule has 0 bridgehead atoms. The molecule has 0 radical (unpaired) electrons. The quantitative estimate of drug-likeness (QED) is 0.826. The lowest BCUT2D eigenvalue weighted by molar-refractivity contribution is -0.139. The Hall–Kier alpha value is -2.91. The Morgan fingerprint density at radius 2 is 1.92 bits per heavy atom. The van der Waals surface area contributed by atoms with Gasteiger partial charge in [-0.05, 0) is 43.3 Å². The molecule has 1 atom stereocenters. The molecule has 0 spiro atoms. The van der Waals surface area contributed by atoms with E-state index in [1.807, 2.05) is 23.1 Å². The van der Waals surface area contributed by atoms with Crippen molar-refractivity contribution in [3.8, 4) is 11.8 Å². The van der Waals surface area contributed by atoms with Crippen LogP contribution in [-0.2, 0) is 11.3 Å². The maximum atomic E-state index is 12.6. The molecule has 3 rings (SSSR count). The first kappa shape index (κ1) is 17.9. The molecule has 26 heavy (non-hydrogen) atoms. The molecule has 0 saturated carbocycles. The molecule has 0 aliphatic carbocycles. The lowest BCUT2D eigenvalue weighted by Gasteiger charge is -2.35. The van der Waals surface area contributed by atoms with Gasteiger partial charge in [0.2, 0.25) is 0 Å². The minimum absolute atomic E-state index is 0.00755. The van der Waals surface area contributed by atoms with E-state index >= 15 is 0 Å². The lowest BCUT2D eigenvalue weighted by Crippen LogP contribution is -2.51. The number of pyridine rings is 1. The number of aromatic nitrogens is 1. The number of nitrogens with zero attached hydrogens (tertiary/aromatic N) is 4. The van der Waals surface area contributed by atoms with Crippen molar-refractivity contribution in [1.29, 1.82) is 5.26 Å². The van der Waals surface area contributed by atoms with E-state index in [0.29, 0.717) is 24.4 Å². The number of benzene rings is 1. The number of nitriles is 1. The number of ether oxygens (including phenoxy) is 1. The highest BCUT2D eigenvalue weighted by Crippen LogP contribution is 2.15. The first-order chi connectivity index (χ1) is 12.7. The van der Waals surface area contributed by atoms with Crippen LogP contribution in [0.3, 0.4) is 0 Å². The molecule has 1 aliphatic heterocycles. The van der Waals surface area contributed by atoms with Crippen molar-refractivity contribution in [2.75, 3.05) is 26.2 Å². The summed E-state index contributed by atoms with van der Waals surface area (Å²) in [6, 6.07) is 14.8. The minimum atomic E-state index is -0.551. The van der Waals surface area contributed by atoms with Gasteiger partial charge in [-0.2, -0.15) is 5.26 Å². The van der Waals surface area contributed by atoms with Crippen LogP contribution < -0.4 is 4.74 Å². The molecular formula is C20H22N4O2. The summed E-state index contributed by atoms with van der Waals surface area (Å²) in [5.74, 6) is 0.588. The van der Waals surface area contributed by atoms with Crippen molar-refractivity contribution < 1.29 is 9.53 Å². The second kappa shape index (κ2) is 8.45. The van der Waals surface area contributed by atoms with Crippen LogP contribution in [0.1, 0.15) is 18.2 Å². The van der Waals surface area contributed by atoms with Crippen LogP contribution in [-0.4, -0.2) is 53.0 Å². The average Bonchev–Trinajstić information content (AvgIpc) is 2.69. The van der Waals surface area contributed by atoms with Gasteiger partial charge in [0.25, 0.3) is 5.91 Å². The summed E-state index contributed by atoms with van der Waals surface area (Å²) in [7, 11) is 0. The maximum absolute atomic E-state index is 12.6. The molecule has 2 heterocycles. The summed E-state index contributed by atoms with van der Waals surface area (Å²) in [5.41, 5.74) is 1.62. The van der Waals surface area contributed by atoms with Gasteiger partial charge < -0.3 is 9.64 Å². The van der Waals surface area contributed by atoms with E-state index in [2.05, 4.69) is 16.0 Å². The van der Waals surface area contributed by atoms with Crippen molar-refractivity contribution in [3.05, 3.63) is 59.9 Å². The van der Waals surface area contributed by atoms with Gasteiger partial charge in [0.1, 0.15) is 5.75 Å². The summed E-state index contributed by atoms with van der Waals surface area (Å²) >= 11 is 0. The Balaban J connectivity index is 1.48. The summed E-state index contributed by atoms with van der Waals surface area (Å²) in [5, 5.41) is 8.82. The van der Waals surface area contributed by atoms with Gasteiger partial charge >= 0.3 is 0 Å². The van der Waals surface area contributed by atoms with Gasteiger partial charge in [0, 0.05) is 38.9 Å². The number of carbonyl (C=O) groups is 1. The van der Waals surface area contributed by atoms with Crippen LogP contribution in [0.15, 0.2) is 48.7 Å². The van der Waals surface area contributed by atoms with Crippen LogP contribution in [0.4, 0.5) is 0 Å². The van der Waals surface area contributed by atoms with Crippen LogP contribution in [0.5, 0.6) is 5.75 Å². The van der Waals surface area contributed by atoms with Crippen LogP contribution >= 0.6 is 0 Å². The van der Waals surface area contributed by atoms with E-state index in [-0.39, 0.29) is 5.91 Å². The number of amides is 1. The van der Waals surface area contributed by atoms with Gasteiger partial charge in [-0.3, -0.25) is 14.7 Å². The molecule has 1 fully saturated rings. The Morgan fingerprint density at radius 1 is 1.19 bits per heavy atom. The third-order valence-electron chi connectivity index (χ3n) is 4.44. The summed E-state index contributed by atoms with van der Waals surface area (Å²) < 4.78 is 5.73. The Labute approximate surface area is 153 Å². The first-order valence-corrected chi connectivity index (χ1v) is 8.73. The second-order valence-corrected chi connectivity index (χ2v) is 6.32. The Morgan fingerprint density at radius 3 is 2.54 bits per heavy atom. The van der Waals surface area contributed by atoms with E-state index < -0.39 is 6.10 Å². The highest BCUT2D eigenvalue weighted by atomic mass is 16.5. The zero-order valence-electron chi connectivity index (χ0n) is 14.8. The van der Waals surface area contributed by atoms with Crippen molar-refractivity contribution in [3.63, 3.8) is 0 Å².